The third-order valence-corrected chi connectivity index (χ3v) is 4.29. The fourth-order valence-electron chi connectivity index (χ4n) is 3.00. The number of carboxylic acid groups (broad SMARTS) is 1. The second kappa shape index (κ2) is 9.65. The molecule has 0 bridgehead atoms. The van der Waals surface area contributed by atoms with Crippen LogP contribution in [0.4, 0.5) is 0 Å². The molecule has 30 heavy (non-hydrogen) atoms. The topological polar surface area (TPSA) is 94.4 Å². The lowest BCUT2D eigenvalue weighted by Gasteiger charge is -2.12. The first-order chi connectivity index (χ1) is 14.5. The molecule has 7 heteroatoms. The fourth-order valence-corrected chi connectivity index (χ4v) is 3.00. The Kier molecular flexibility index (Phi) is 6.75. The number of benzene rings is 2. The number of allylic oxidation sites excluding steroid dienone is 1. The van der Waals surface area contributed by atoms with Gasteiger partial charge in [-0.05, 0) is 38.0 Å². The van der Waals surface area contributed by atoms with Gasteiger partial charge in [0.15, 0.2) is 0 Å². The van der Waals surface area contributed by atoms with Crippen molar-refractivity contribution in [2.75, 3.05) is 0 Å². The van der Waals surface area contributed by atoms with Crippen LogP contribution in [0, 0.1) is 0 Å². The third-order valence-electron chi connectivity index (χ3n) is 4.29. The first-order valence-electron chi connectivity index (χ1n) is 9.62. The number of aliphatic carboxylic acids is 1. The SMILES string of the molecule is CCCc1ccccc1Oc1ncnc(Oc2ccccc2C(C(=O)O)=C(C)C)n1. The van der Waals surface area contributed by atoms with Crippen molar-refractivity contribution in [2.45, 2.75) is 33.6 Å². The van der Waals surface area contributed by atoms with Gasteiger partial charge in [-0.3, -0.25) is 0 Å². The number of ether oxygens (including phenoxy) is 2. The zero-order valence-electron chi connectivity index (χ0n) is 17.1. The summed E-state index contributed by atoms with van der Waals surface area (Å²) in [5.41, 5.74) is 2.33. The molecule has 0 saturated carbocycles. The summed E-state index contributed by atoms with van der Waals surface area (Å²) in [6.07, 6.45) is 3.15. The van der Waals surface area contributed by atoms with Crippen molar-refractivity contribution in [3.8, 4) is 23.5 Å². The lowest BCUT2D eigenvalue weighted by atomic mass is 10.0. The van der Waals surface area contributed by atoms with Gasteiger partial charge in [-0.1, -0.05) is 55.3 Å². The lowest BCUT2D eigenvalue weighted by molar-refractivity contribution is -0.130. The molecule has 0 fully saturated rings. The first-order valence-corrected chi connectivity index (χ1v) is 9.62. The Labute approximate surface area is 175 Å². The number of rotatable bonds is 8. The van der Waals surface area contributed by atoms with Crippen LogP contribution in [-0.4, -0.2) is 26.0 Å². The van der Waals surface area contributed by atoms with Crippen LogP contribution in [0.2, 0.25) is 0 Å². The molecule has 0 spiro atoms. The van der Waals surface area contributed by atoms with Crippen molar-refractivity contribution < 1.29 is 19.4 Å². The van der Waals surface area contributed by atoms with Crippen LogP contribution < -0.4 is 9.47 Å². The van der Waals surface area contributed by atoms with Crippen LogP contribution in [0.3, 0.4) is 0 Å². The van der Waals surface area contributed by atoms with Gasteiger partial charge in [0.05, 0.1) is 5.57 Å². The molecular formula is C23H23N3O4. The van der Waals surface area contributed by atoms with Crippen LogP contribution in [-0.2, 0) is 11.2 Å². The number of hydrogen-bond acceptors (Lipinski definition) is 6. The molecule has 0 aliphatic rings. The second-order valence-corrected chi connectivity index (χ2v) is 6.79. The molecule has 0 saturated heterocycles. The predicted octanol–water partition coefficient (Wildman–Crippen LogP) is 5.29. The zero-order valence-corrected chi connectivity index (χ0v) is 17.1. The summed E-state index contributed by atoms with van der Waals surface area (Å²) in [4.78, 5) is 24.0. The molecule has 2 aromatic carbocycles. The van der Waals surface area contributed by atoms with E-state index in [1.54, 1.807) is 38.1 Å². The summed E-state index contributed by atoms with van der Waals surface area (Å²) < 4.78 is 11.7. The van der Waals surface area contributed by atoms with Crippen LogP contribution in [0.5, 0.6) is 23.5 Å². The molecule has 1 N–H and O–H groups in total. The summed E-state index contributed by atoms with van der Waals surface area (Å²) in [6, 6.07) is 14.7. The van der Waals surface area contributed by atoms with Crippen molar-refractivity contribution in [3.05, 3.63) is 71.6 Å². The molecule has 0 unspecified atom stereocenters. The molecule has 1 heterocycles. The van der Waals surface area contributed by atoms with E-state index in [-0.39, 0.29) is 17.6 Å². The van der Waals surface area contributed by atoms with Gasteiger partial charge in [-0.15, -0.1) is 4.98 Å². The number of nitrogens with zero attached hydrogens (tertiary/aromatic N) is 3. The Hall–Kier alpha value is -3.74. The maximum atomic E-state index is 11.7. The molecule has 3 rings (SSSR count). The number of hydrogen-bond donors (Lipinski definition) is 1. The highest BCUT2D eigenvalue weighted by Gasteiger charge is 2.18. The van der Waals surface area contributed by atoms with Crippen molar-refractivity contribution in [3.63, 3.8) is 0 Å². The third kappa shape index (κ3) is 5.00. The van der Waals surface area contributed by atoms with E-state index in [9.17, 15) is 9.90 Å². The van der Waals surface area contributed by atoms with E-state index in [0.717, 1.165) is 18.4 Å². The Bertz CT molecular complexity index is 1080. The number of aromatic nitrogens is 3. The molecule has 1 aromatic heterocycles. The van der Waals surface area contributed by atoms with Gasteiger partial charge in [0.1, 0.15) is 17.8 Å². The summed E-state index contributed by atoms with van der Waals surface area (Å²) >= 11 is 0. The fraction of sp³-hybridized carbons (Fsp3) is 0.217. The molecule has 0 aliphatic heterocycles. The van der Waals surface area contributed by atoms with Gasteiger partial charge in [0.25, 0.3) is 0 Å². The minimum Gasteiger partial charge on any atom is -0.478 e. The van der Waals surface area contributed by atoms with Gasteiger partial charge < -0.3 is 14.6 Å². The summed E-state index contributed by atoms with van der Waals surface area (Å²) in [6.45, 7) is 5.58. The molecule has 0 amide bonds. The molecule has 0 radical (unpaired) electrons. The molecule has 0 aliphatic carbocycles. The van der Waals surface area contributed by atoms with Crippen LogP contribution in [0.15, 0.2) is 60.4 Å². The molecule has 154 valence electrons. The number of para-hydroxylation sites is 2. The standard InChI is InChI=1S/C23H23N3O4/c1-4-9-16-10-5-7-12-18(16)29-22-24-14-25-23(26-22)30-19-13-8-6-11-17(19)20(15(2)3)21(27)28/h5-8,10-14H,4,9H2,1-3H3,(H,27,28). The summed E-state index contributed by atoms with van der Waals surface area (Å²) in [5, 5.41) is 9.59. The molecule has 7 nitrogen and oxygen atoms in total. The summed E-state index contributed by atoms with van der Waals surface area (Å²) in [5.74, 6) is -0.0208. The highest BCUT2D eigenvalue weighted by molar-refractivity contribution is 6.17. The van der Waals surface area contributed by atoms with Gasteiger partial charge in [0, 0.05) is 5.56 Å². The van der Waals surface area contributed by atoms with Crippen molar-refractivity contribution in [2.24, 2.45) is 0 Å². The highest BCUT2D eigenvalue weighted by Crippen LogP contribution is 2.31. The van der Waals surface area contributed by atoms with Gasteiger partial charge in [-0.2, -0.15) is 9.97 Å². The Morgan fingerprint density at radius 3 is 2.17 bits per heavy atom. The van der Waals surface area contributed by atoms with E-state index in [2.05, 4.69) is 21.9 Å². The van der Waals surface area contributed by atoms with E-state index in [1.165, 1.54) is 6.33 Å². The largest absolute Gasteiger partial charge is 0.478 e. The van der Waals surface area contributed by atoms with E-state index in [4.69, 9.17) is 9.47 Å². The van der Waals surface area contributed by atoms with Crippen LogP contribution in [0.1, 0.15) is 38.3 Å². The minimum atomic E-state index is -1.03. The van der Waals surface area contributed by atoms with Gasteiger partial charge in [-0.25, -0.2) is 4.79 Å². The Balaban J connectivity index is 1.89. The predicted molar refractivity (Wildman–Crippen MR) is 113 cm³/mol. The van der Waals surface area contributed by atoms with E-state index in [1.807, 2.05) is 24.3 Å². The monoisotopic (exact) mass is 405 g/mol. The average molecular weight is 405 g/mol. The number of aryl methyl sites for hydroxylation is 1. The van der Waals surface area contributed by atoms with E-state index in [0.29, 0.717) is 22.6 Å². The Morgan fingerprint density at radius 1 is 0.933 bits per heavy atom. The van der Waals surface area contributed by atoms with Crippen molar-refractivity contribution in [1.29, 1.82) is 0 Å². The summed E-state index contributed by atoms with van der Waals surface area (Å²) in [7, 11) is 0. The molecule has 0 atom stereocenters. The second-order valence-electron chi connectivity index (χ2n) is 6.79. The van der Waals surface area contributed by atoms with Crippen molar-refractivity contribution >= 4 is 11.5 Å². The maximum Gasteiger partial charge on any atom is 0.336 e. The molecular weight excluding hydrogens is 382 g/mol. The smallest absolute Gasteiger partial charge is 0.336 e. The average Bonchev–Trinajstić information content (AvgIpc) is 2.71. The van der Waals surface area contributed by atoms with Crippen LogP contribution in [0.25, 0.3) is 5.57 Å². The number of carbonyl (C=O) groups is 1. The maximum absolute atomic E-state index is 11.7. The van der Waals surface area contributed by atoms with Crippen LogP contribution >= 0.6 is 0 Å². The quantitative estimate of drug-likeness (QED) is 0.509. The van der Waals surface area contributed by atoms with E-state index >= 15 is 0 Å². The number of carboxylic acids is 1. The lowest BCUT2D eigenvalue weighted by Crippen LogP contribution is -2.04. The Morgan fingerprint density at radius 2 is 1.53 bits per heavy atom. The molecule has 3 aromatic rings. The van der Waals surface area contributed by atoms with Gasteiger partial charge in [0.2, 0.25) is 0 Å². The first kappa shape index (κ1) is 21.0. The minimum absolute atomic E-state index is 0.0129. The highest BCUT2D eigenvalue weighted by atomic mass is 16.5. The van der Waals surface area contributed by atoms with E-state index < -0.39 is 5.97 Å². The zero-order chi connectivity index (χ0) is 21.5. The normalized spacial score (nSPS) is 10.4. The van der Waals surface area contributed by atoms with Gasteiger partial charge >= 0.3 is 18.0 Å². The van der Waals surface area contributed by atoms with Crippen molar-refractivity contribution in [1.82, 2.24) is 15.0 Å².